The van der Waals surface area contributed by atoms with Crippen LogP contribution in [0.4, 0.5) is 4.79 Å². The SMILES string of the molecule is CC1(C)[C@H](C(=O)O)N2C(=O)[C@@H](NC(=O)C(NC(=O)CCCCNCC(=O)CCCCCNC(=O)CCCCC3SCC4NC(=O)NC43)c3ccccc3)[C@H]2S1(=O)=O. The van der Waals surface area contributed by atoms with Gasteiger partial charge in [-0.1, -0.05) is 43.2 Å². The van der Waals surface area contributed by atoms with E-state index in [0.717, 1.165) is 49.2 Å². The molecule has 4 aliphatic heterocycles. The Morgan fingerprint density at radius 3 is 2.33 bits per heavy atom. The van der Waals surface area contributed by atoms with Gasteiger partial charge in [0.2, 0.25) is 23.6 Å². The fourth-order valence-electron chi connectivity index (χ4n) is 7.92. The maximum Gasteiger partial charge on any atom is 0.328 e. The Bertz CT molecular complexity index is 1780. The number of nitrogens with zero attached hydrogens (tertiary/aromatic N) is 1. The fourth-order valence-corrected chi connectivity index (χ4v) is 11.7. The van der Waals surface area contributed by atoms with Crippen LogP contribution < -0.4 is 31.9 Å². The minimum Gasteiger partial charge on any atom is -0.480 e. The van der Waals surface area contributed by atoms with Gasteiger partial charge >= 0.3 is 12.0 Å². The molecule has 0 saturated carbocycles. The topological polar surface area (TPSA) is 249 Å². The van der Waals surface area contributed by atoms with Crippen molar-refractivity contribution in [1.82, 2.24) is 36.8 Å². The Hall–Kier alpha value is -4.23. The highest BCUT2D eigenvalue weighted by molar-refractivity contribution is 8.00. The molecule has 5 rings (SSSR count). The van der Waals surface area contributed by atoms with Crippen molar-refractivity contribution in [1.29, 1.82) is 0 Å². The van der Waals surface area contributed by atoms with Gasteiger partial charge in [-0.3, -0.25) is 24.0 Å². The summed E-state index contributed by atoms with van der Waals surface area (Å²) >= 11 is 1.87. The zero-order valence-electron chi connectivity index (χ0n) is 32.4. The van der Waals surface area contributed by atoms with Gasteiger partial charge in [0, 0.05) is 36.8 Å². The van der Waals surface area contributed by atoms with Crippen LogP contribution in [0.25, 0.3) is 0 Å². The van der Waals surface area contributed by atoms with Crippen LogP contribution in [0.1, 0.15) is 96.1 Å². The summed E-state index contributed by atoms with van der Waals surface area (Å²) in [5, 5.41) is 25.6. The Labute approximate surface area is 337 Å². The van der Waals surface area contributed by atoms with Gasteiger partial charge in [0.1, 0.15) is 28.7 Å². The number of carbonyl (C=O) groups is 7. The highest BCUT2D eigenvalue weighted by Crippen LogP contribution is 2.46. The van der Waals surface area contributed by atoms with Crippen LogP contribution in [-0.2, 0) is 38.6 Å². The molecule has 6 amide bonds. The molecule has 0 radical (unpaired) electrons. The van der Waals surface area contributed by atoms with E-state index in [1.807, 2.05) is 11.8 Å². The number of amides is 6. The zero-order valence-corrected chi connectivity index (χ0v) is 34.1. The van der Waals surface area contributed by atoms with Crippen molar-refractivity contribution in [2.75, 3.05) is 25.4 Å². The van der Waals surface area contributed by atoms with Gasteiger partial charge in [0.25, 0.3) is 0 Å². The van der Waals surface area contributed by atoms with E-state index in [0.29, 0.717) is 49.6 Å². The normalized spacial score (nSPS) is 25.6. The number of β-lactam (4-membered cyclic amide) rings is 1. The van der Waals surface area contributed by atoms with E-state index in [1.165, 1.54) is 13.8 Å². The maximum absolute atomic E-state index is 13.5. The van der Waals surface area contributed by atoms with Gasteiger partial charge in [-0.2, -0.15) is 11.8 Å². The quantitative estimate of drug-likeness (QED) is 0.0462. The van der Waals surface area contributed by atoms with Crippen molar-refractivity contribution >= 4 is 63.0 Å². The van der Waals surface area contributed by atoms with Gasteiger partial charge in [-0.05, 0) is 64.5 Å². The molecule has 0 aliphatic carbocycles. The van der Waals surface area contributed by atoms with Gasteiger partial charge in [0.05, 0.1) is 18.6 Å². The third-order valence-electron chi connectivity index (χ3n) is 11.2. The lowest BCUT2D eigenvalue weighted by atomic mass is 9.95. The number of carboxylic acid groups (broad SMARTS) is 1. The minimum absolute atomic E-state index is 0.0338. The third-order valence-corrected chi connectivity index (χ3v) is 15.5. The molecule has 0 spiro atoms. The van der Waals surface area contributed by atoms with Crippen LogP contribution in [0.2, 0.25) is 0 Å². The molecule has 314 valence electrons. The van der Waals surface area contributed by atoms with Crippen molar-refractivity contribution in [2.45, 2.75) is 130 Å². The van der Waals surface area contributed by atoms with Crippen LogP contribution in [0.3, 0.4) is 0 Å². The predicted octanol–water partition coefficient (Wildman–Crippen LogP) is 0.889. The van der Waals surface area contributed by atoms with Crippen molar-refractivity contribution in [3.63, 3.8) is 0 Å². The molecule has 0 aromatic heterocycles. The van der Waals surface area contributed by atoms with Crippen molar-refractivity contribution in [2.24, 2.45) is 0 Å². The Morgan fingerprint density at radius 1 is 0.912 bits per heavy atom. The van der Waals surface area contributed by atoms with E-state index in [2.05, 4.69) is 31.9 Å². The number of nitrogens with one attached hydrogen (secondary N) is 6. The molecule has 0 bridgehead atoms. The molecule has 17 nitrogen and oxygen atoms in total. The lowest BCUT2D eigenvalue weighted by Crippen LogP contribution is -2.72. The number of benzene rings is 1. The smallest absolute Gasteiger partial charge is 0.328 e. The number of carbonyl (C=O) groups excluding carboxylic acids is 6. The maximum atomic E-state index is 13.5. The van der Waals surface area contributed by atoms with Gasteiger partial charge in [-0.25, -0.2) is 18.0 Å². The summed E-state index contributed by atoms with van der Waals surface area (Å²) < 4.78 is 24.7. The first kappa shape index (κ1) is 43.9. The first-order chi connectivity index (χ1) is 27.1. The van der Waals surface area contributed by atoms with Crippen molar-refractivity contribution in [3.8, 4) is 0 Å². The summed E-state index contributed by atoms with van der Waals surface area (Å²) in [6.07, 6.45) is 7.10. The van der Waals surface area contributed by atoms with Gasteiger partial charge in [0.15, 0.2) is 15.2 Å². The number of fused-ring (bicyclic) bond motifs is 2. The molecule has 7 atom stereocenters. The molecule has 4 fully saturated rings. The average molecular weight is 834 g/mol. The molecule has 4 unspecified atom stereocenters. The van der Waals surface area contributed by atoms with Crippen LogP contribution in [0.5, 0.6) is 0 Å². The van der Waals surface area contributed by atoms with Crippen molar-refractivity contribution in [3.05, 3.63) is 35.9 Å². The van der Waals surface area contributed by atoms with Crippen LogP contribution in [0, 0.1) is 0 Å². The lowest BCUT2D eigenvalue weighted by Gasteiger charge is -2.43. The number of ketones is 1. The zero-order chi connectivity index (χ0) is 41.3. The molecular formula is C38H55N7O10S2. The van der Waals surface area contributed by atoms with Crippen molar-refractivity contribution < 1.29 is 47.1 Å². The number of hydrogen-bond acceptors (Lipinski definition) is 11. The van der Waals surface area contributed by atoms with E-state index in [4.69, 9.17) is 0 Å². The highest BCUT2D eigenvalue weighted by Gasteiger charge is 2.72. The van der Waals surface area contributed by atoms with Gasteiger partial charge < -0.3 is 41.9 Å². The number of unbranched alkanes of at least 4 members (excludes halogenated alkanes) is 4. The number of thioether (sulfide) groups is 1. The molecular weight excluding hydrogens is 779 g/mol. The van der Waals surface area contributed by atoms with Crippen LogP contribution in [-0.4, -0.2) is 125 Å². The first-order valence-corrected chi connectivity index (χ1v) is 22.3. The number of sulfone groups is 1. The molecule has 7 N–H and O–H groups in total. The monoisotopic (exact) mass is 833 g/mol. The Kier molecular flexibility index (Phi) is 15.0. The molecule has 4 aliphatic rings. The number of aliphatic carboxylic acids is 1. The summed E-state index contributed by atoms with van der Waals surface area (Å²) in [6, 6.07) is 4.27. The summed E-state index contributed by atoms with van der Waals surface area (Å²) in [6.45, 7) is 3.78. The average Bonchev–Trinajstić information content (AvgIpc) is 3.76. The first-order valence-electron chi connectivity index (χ1n) is 19.7. The highest BCUT2D eigenvalue weighted by atomic mass is 32.2. The second-order valence-corrected chi connectivity index (χ2v) is 19.5. The summed E-state index contributed by atoms with van der Waals surface area (Å²) in [5.74, 6) is -2.48. The Morgan fingerprint density at radius 2 is 1.60 bits per heavy atom. The van der Waals surface area contributed by atoms with Crippen LogP contribution in [0.15, 0.2) is 30.3 Å². The minimum atomic E-state index is -4.17. The molecule has 1 aromatic carbocycles. The molecule has 1 aromatic rings. The van der Waals surface area contributed by atoms with E-state index in [9.17, 15) is 47.1 Å². The number of rotatable bonds is 23. The number of hydrogen-bond donors (Lipinski definition) is 7. The van der Waals surface area contributed by atoms with Gasteiger partial charge in [-0.15, -0.1) is 0 Å². The van der Waals surface area contributed by atoms with E-state index >= 15 is 0 Å². The molecule has 57 heavy (non-hydrogen) atoms. The fraction of sp³-hybridized carbons (Fsp3) is 0.658. The second-order valence-electron chi connectivity index (χ2n) is 15.6. The standard InChI is InChI=1S/C38H55N7O10S2/c1-38(2)32(36(51)52)45-34(50)31(35(45)57(38,54)55)43-33(49)29(23-13-5-3-6-14-23)42-28(48)18-10-12-19-39-21-24(46)15-7-4-11-20-40-27(47)17-9-8-16-26-30-25(22-56-26)41-37(53)44-30/h3,5-6,13-14,25-26,29-32,35,39H,4,7-12,15-22H2,1-2H3,(H,40,47)(H,42,48)(H,43,49)(H,51,52)(H2,41,44,53)/t25?,26?,29?,30?,31-,32+,35-/m1/s1. The second kappa shape index (κ2) is 19.5. The summed E-state index contributed by atoms with van der Waals surface area (Å²) in [4.78, 5) is 88.1. The predicted molar refractivity (Wildman–Crippen MR) is 211 cm³/mol. The molecule has 4 heterocycles. The number of carboxylic acids is 1. The number of urea groups is 1. The summed E-state index contributed by atoms with van der Waals surface area (Å²) in [7, 11) is -4.17. The number of Topliss-reactive ketones (excluding diaryl/α,β-unsaturated/α-hetero) is 1. The Balaban J connectivity index is 0.911. The third kappa shape index (κ3) is 10.5. The van der Waals surface area contributed by atoms with Crippen LogP contribution >= 0.6 is 11.8 Å². The van der Waals surface area contributed by atoms with E-state index in [-0.39, 0.29) is 42.8 Å². The molecule has 19 heteroatoms. The lowest BCUT2D eigenvalue weighted by molar-refractivity contribution is -0.161. The largest absolute Gasteiger partial charge is 0.480 e. The van der Waals surface area contributed by atoms with E-state index in [1.54, 1.807) is 30.3 Å². The molecule has 4 saturated heterocycles. The summed E-state index contributed by atoms with van der Waals surface area (Å²) in [5.41, 5.74) is 0.411. The van der Waals surface area contributed by atoms with E-state index < -0.39 is 61.8 Å².